The summed E-state index contributed by atoms with van der Waals surface area (Å²) in [5, 5.41) is 7.02. The molecule has 0 radical (unpaired) electrons. The van der Waals surface area contributed by atoms with Crippen LogP contribution in [0.2, 0.25) is 35.7 Å². The first kappa shape index (κ1) is 37.1. The average molecular weight is 771 g/mol. The van der Waals surface area contributed by atoms with Crippen molar-refractivity contribution in [3.63, 3.8) is 0 Å². The molecule has 0 spiro atoms. The van der Waals surface area contributed by atoms with Gasteiger partial charge in [-0.2, -0.15) is 5.10 Å². The second-order valence-corrected chi connectivity index (χ2v) is 21.7. The van der Waals surface area contributed by atoms with Crippen molar-refractivity contribution in [1.82, 2.24) is 34.1 Å². The first-order chi connectivity index (χ1) is 25.1. The van der Waals surface area contributed by atoms with Crippen LogP contribution in [0.25, 0.3) is 22.4 Å². The third-order valence-electron chi connectivity index (χ3n) is 10.0. The van der Waals surface area contributed by atoms with E-state index in [9.17, 15) is 4.79 Å². The number of carbonyl (C=O) groups excluding carboxylic acids is 1. The van der Waals surface area contributed by atoms with Gasteiger partial charge < -0.3 is 28.4 Å². The molecule has 2 unspecified atom stereocenters. The van der Waals surface area contributed by atoms with Crippen molar-refractivity contribution in [2.24, 2.45) is 0 Å². The highest BCUT2D eigenvalue weighted by Gasteiger charge is 2.32. The molecule has 0 N–H and O–H groups in total. The molecular formula is C37H49Cl2N7O5Si. The number of ether oxygens (including phenoxy) is 4. The molecule has 2 atom stereocenters. The topological polar surface area (TPSA) is 109 Å². The lowest BCUT2D eigenvalue weighted by Crippen LogP contribution is -2.37. The summed E-state index contributed by atoms with van der Waals surface area (Å²) in [5.74, 6) is 1.38. The molecule has 7 rings (SSSR count). The van der Waals surface area contributed by atoms with Gasteiger partial charge in [0.1, 0.15) is 31.0 Å². The first-order valence-electron chi connectivity index (χ1n) is 18.5. The number of benzene rings is 1. The van der Waals surface area contributed by atoms with E-state index in [1.807, 2.05) is 34.7 Å². The monoisotopic (exact) mass is 769 g/mol. The minimum absolute atomic E-state index is 0.182. The van der Waals surface area contributed by atoms with Crippen LogP contribution in [0.3, 0.4) is 0 Å². The smallest absolute Gasteiger partial charge is 0.411 e. The Kier molecular flexibility index (Phi) is 11.4. The number of nitrogens with zero attached hydrogens (tertiary/aromatic N) is 7. The number of rotatable bonds is 12. The van der Waals surface area contributed by atoms with Crippen LogP contribution >= 0.6 is 23.2 Å². The van der Waals surface area contributed by atoms with Crippen LogP contribution in [0.4, 0.5) is 4.79 Å². The Morgan fingerprint density at radius 1 is 1.04 bits per heavy atom. The van der Waals surface area contributed by atoms with Gasteiger partial charge >= 0.3 is 6.09 Å². The average Bonchev–Trinajstić information content (AvgIpc) is 3.80. The van der Waals surface area contributed by atoms with E-state index in [4.69, 9.17) is 52.2 Å². The highest BCUT2D eigenvalue weighted by Crippen LogP contribution is 2.39. The molecule has 4 aromatic rings. The molecule has 15 heteroatoms. The van der Waals surface area contributed by atoms with Gasteiger partial charge in [0, 0.05) is 70.8 Å². The summed E-state index contributed by atoms with van der Waals surface area (Å²) >= 11 is 13.0. The number of hydrogen-bond acceptors (Lipinski definition) is 9. The van der Waals surface area contributed by atoms with E-state index < -0.39 is 14.2 Å². The van der Waals surface area contributed by atoms with Crippen LogP contribution in [0.5, 0.6) is 5.75 Å². The summed E-state index contributed by atoms with van der Waals surface area (Å²) in [6.45, 7) is 13.5. The number of pyridine rings is 1. The number of halogens is 2. The number of piperidine rings is 1. The van der Waals surface area contributed by atoms with Gasteiger partial charge in [0.15, 0.2) is 12.1 Å². The third-order valence-corrected chi connectivity index (χ3v) is 12.3. The maximum atomic E-state index is 12.8. The predicted molar refractivity (Wildman–Crippen MR) is 203 cm³/mol. The number of aromatic nitrogens is 5. The minimum Gasteiger partial charge on any atom is -0.486 e. The van der Waals surface area contributed by atoms with Crippen LogP contribution in [0.15, 0.2) is 30.6 Å². The maximum Gasteiger partial charge on any atom is 0.411 e. The van der Waals surface area contributed by atoms with Crippen molar-refractivity contribution in [2.45, 2.75) is 103 Å². The summed E-state index contributed by atoms with van der Waals surface area (Å²) in [5.41, 5.74) is 4.31. The second-order valence-electron chi connectivity index (χ2n) is 15.2. The van der Waals surface area contributed by atoms with E-state index in [1.54, 1.807) is 12.4 Å². The summed E-state index contributed by atoms with van der Waals surface area (Å²) in [6.07, 6.45) is 8.48. The molecule has 3 aromatic heterocycles. The van der Waals surface area contributed by atoms with Crippen molar-refractivity contribution in [3.05, 3.63) is 57.6 Å². The summed E-state index contributed by atoms with van der Waals surface area (Å²) in [4.78, 5) is 26.0. The van der Waals surface area contributed by atoms with Gasteiger partial charge in [-0.1, -0.05) is 42.8 Å². The normalized spacial score (nSPS) is 18.9. The number of hydrogen-bond donors (Lipinski definition) is 0. The Morgan fingerprint density at radius 2 is 1.83 bits per heavy atom. The molecule has 280 valence electrons. The van der Waals surface area contributed by atoms with Gasteiger partial charge in [0.2, 0.25) is 0 Å². The van der Waals surface area contributed by atoms with Crippen LogP contribution < -0.4 is 4.74 Å². The molecule has 1 aromatic carbocycles. The lowest BCUT2D eigenvalue weighted by atomic mass is 10.1. The lowest BCUT2D eigenvalue weighted by molar-refractivity contribution is -0.0365. The molecule has 1 amide bonds. The molecule has 0 aliphatic carbocycles. The highest BCUT2D eigenvalue weighted by molar-refractivity contribution is 6.76. The Bertz CT molecular complexity index is 1860. The fraction of sp³-hybridized carbons (Fsp3) is 0.568. The van der Waals surface area contributed by atoms with Gasteiger partial charge in [0.05, 0.1) is 26.9 Å². The molecule has 3 aliphatic rings. The quantitative estimate of drug-likeness (QED) is 0.103. The molecule has 3 aliphatic heterocycles. The molecule has 2 fully saturated rings. The molecule has 0 saturated carbocycles. The molecule has 6 heterocycles. The number of likely N-dealkylation sites (tertiary alicyclic amines) is 1. The fourth-order valence-electron chi connectivity index (χ4n) is 7.15. The summed E-state index contributed by atoms with van der Waals surface area (Å²) < 4.78 is 29.0. The van der Waals surface area contributed by atoms with Crippen molar-refractivity contribution >= 4 is 48.3 Å². The minimum atomic E-state index is -1.30. The zero-order valence-electron chi connectivity index (χ0n) is 30.6. The largest absolute Gasteiger partial charge is 0.486 e. The number of imidazole rings is 1. The molecule has 0 bridgehead atoms. The first-order valence-corrected chi connectivity index (χ1v) is 22.9. The highest BCUT2D eigenvalue weighted by atomic mass is 35.5. The van der Waals surface area contributed by atoms with E-state index in [2.05, 4.69) is 34.1 Å². The van der Waals surface area contributed by atoms with Gasteiger partial charge in [0.25, 0.3) is 0 Å². The second kappa shape index (κ2) is 16.0. The van der Waals surface area contributed by atoms with E-state index in [0.29, 0.717) is 54.4 Å². The Hall–Kier alpha value is -3.20. The van der Waals surface area contributed by atoms with Gasteiger partial charge in [-0.3, -0.25) is 9.88 Å². The van der Waals surface area contributed by atoms with Gasteiger partial charge in [-0.05, 0) is 69.7 Å². The zero-order chi connectivity index (χ0) is 36.4. The van der Waals surface area contributed by atoms with Crippen LogP contribution in [-0.4, -0.2) is 81.3 Å². The van der Waals surface area contributed by atoms with Gasteiger partial charge in [-0.25, -0.2) is 14.5 Å². The fourth-order valence-corrected chi connectivity index (χ4v) is 8.57. The maximum absolute atomic E-state index is 12.8. The summed E-state index contributed by atoms with van der Waals surface area (Å²) in [6, 6.07) is 7.05. The Labute approximate surface area is 316 Å². The van der Waals surface area contributed by atoms with Crippen molar-refractivity contribution in [3.8, 4) is 17.3 Å². The number of carbonyl (C=O) groups is 1. The lowest BCUT2D eigenvalue weighted by Gasteiger charge is -2.27. The van der Waals surface area contributed by atoms with Crippen molar-refractivity contribution in [1.29, 1.82) is 0 Å². The molecule has 52 heavy (non-hydrogen) atoms. The molecule has 12 nitrogen and oxygen atoms in total. The predicted octanol–water partition coefficient (Wildman–Crippen LogP) is 8.65. The van der Waals surface area contributed by atoms with Crippen LogP contribution in [0.1, 0.15) is 74.7 Å². The third kappa shape index (κ3) is 8.29. The van der Waals surface area contributed by atoms with E-state index >= 15 is 0 Å². The molecular weight excluding hydrogens is 721 g/mol. The van der Waals surface area contributed by atoms with Crippen molar-refractivity contribution in [2.75, 3.05) is 33.0 Å². The zero-order valence-corrected chi connectivity index (χ0v) is 33.1. The standard InChI is InChI=1S/C37H49Cl2N7O5Si/c1-25(34-28(38)19-40-20-29(34)39)51-26-11-12-31-27(18-26)35(42-46(31)33-10-6-9-15-49-33)36-41-30-21-43(23-50-37(47)44-13-7-5-8-14-44)22-32(30)45(36)24-48-16-17-52(2,3)4/h11-12,18-20,25,33H,5-10,13-17,21-24H2,1-4H3. The SMILES string of the molecule is CC(Oc1ccc2c(c1)c(-c1nc3c(n1COCC[Si](C)(C)C)CN(COC(=O)N1CCCCC1)C3)nn2C1CCCCO1)c1c(Cl)cncc1Cl. The van der Waals surface area contributed by atoms with Crippen molar-refractivity contribution < 1.29 is 23.7 Å². The summed E-state index contributed by atoms with van der Waals surface area (Å²) in [7, 11) is -1.30. The number of amides is 1. The Balaban J connectivity index is 1.21. The Morgan fingerprint density at radius 3 is 2.56 bits per heavy atom. The number of fused-ring (bicyclic) bond motifs is 2. The van der Waals surface area contributed by atoms with E-state index in [1.165, 1.54) is 0 Å². The van der Waals surface area contributed by atoms with Crippen LogP contribution in [-0.2, 0) is 34.0 Å². The van der Waals surface area contributed by atoms with Crippen LogP contribution in [0, 0.1) is 0 Å². The van der Waals surface area contributed by atoms with E-state index in [-0.39, 0.29) is 19.1 Å². The van der Waals surface area contributed by atoms with E-state index in [0.717, 1.165) is 91.5 Å². The van der Waals surface area contributed by atoms with Gasteiger partial charge in [-0.15, -0.1) is 0 Å². The molecule has 2 saturated heterocycles.